The molecule has 0 spiro atoms. The molecule has 5 nitrogen and oxygen atoms in total. The smallest absolute Gasteiger partial charge is 0.220 e. The fourth-order valence-corrected chi connectivity index (χ4v) is 3.65. The highest BCUT2D eigenvalue weighted by Crippen LogP contribution is 2.23. The molecule has 2 aromatic carbocycles. The average Bonchev–Trinajstić information content (AvgIpc) is 2.74. The van der Waals surface area contributed by atoms with Gasteiger partial charge in [0.2, 0.25) is 5.91 Å². The first kappa shape index (κ1) is 20.2. The molecule has 1 amide bonds. The first-order valence-corrected chi connectivity index (χ1v) is 9.94. The molecule has 3 rings (SSSR count). The van der Waals surface area contributed by atoms with Gasteiger partial charge in [0.05, 0.1) is 14.2 Å². The molecule has 1 N–H and O–H groups in total. The number of carbonyl (C=O) groups excluding carboxylic acids is 1. The van der Waals surface area contributed by atoms with E-state index in [1.54, 1.807) is 14.2 Å². The zero-order valence-electron chi connectivity index (χ0n) is 16.8. The Hall–Kier alpha value is -2.53. The number of hydrogen-bond acceptors (Lipinski definition) is 4. The number of piperidine rings is 1. The second-order valence-corrected chi connectivity index (χ2v) is 7.32. The van der Waals surface area contributed by atoms with E-state index in [1.165, 1.54) is 5.56 Å². The Kier molecular flexibility index (Phi) is 7.31. The number of methoxy groups -OCH3 is 2. The van der Waals surface area contributed by atoms with E-state index in [1.807, 2.05) is 24.3 Å². The first-order chi connectivity index (χ1) is 13.7. The van der Waals surface area contributed by atoms with E-state index in [0.29, 0.717) is 12.8 Å². The normalized spacial score (nSPS) is 15.2. The Morgan fingerprint density at radius 1 is 1.00 bits per heavy atom. The number of hydrogen-bond donors (Lipinski definition) is 1. The average molecular weight is 383 g/mol. The van der Waals surface area contributed by atoms with Crippen LogP contribution in [0.15, 0.2) is 48.5 Å². The van der Waals surface area contributed by atoms with Crippen molar-refractivity contribution in [2.24, 2.45) is 0 Å². The third-order valence-electron chi connectivity index (χ3n) is 5.25. The van der Waals surface area contributed by atoms with E-state index < -0.39 is 0 Å². The number of ether oxygens (including phenoxy) is 2. The van der Waals surface area contributed by atoms with Crippen molar-refractivity contribution in [1.82, 2.24) is 10.2 Å². The minimum absolute atomic E-state index is 0.114. The number of amides is 1. The highest BCUT2D eigenvalue weighted by Gasteiger charge is 2.20. The van der Waals surface area contributed by atoms with Gasteiger partial charge in [-0.25, -0.2) is 0 Å². The zero-order valence-corrected chi connectivity index (χ0v) is 16.8. The minimum atomic E-state index is 0.114. The topological polar surface area (TPSA) is 50.8 Å². The Morgan fingerprint density at radius 3 is 2.25 bits per heavy atom. The molecular formula is C23H30N2O3. The van der Waals surface area contributed by atoms with Crippen LogP contribution < -0.4 is 14.8 Å². The molecule has 0 aromatic heterocycles. The van der Waals surface area contributed by atoms with E-state index in [0.717, 1.165) is 49.5 Å². The molecule has 5 heteroatoms. The second kappa shape index (κ2) is 10.1. The lowest BCUT2D eigenvalue weighted by Gasteiger charge is -2.32. The number of carbonyl (C=O) groups is 1. The van der Waals surface area contributed by atoms with Gasteiger partial charge < -0.3 is 14.8 Å². The molecule has 1 saturated heterocycles. The summed E-state index contributed by atoms with van der Waals surface area (Å²) in [5.74, 6) is 1.62. The summed E-state index contributed by atoms with van der Waals surface area (Å²) in [7, 11) is 3.27. The van der Waals surface area contributed by atoms with Crippen molar-refractivity contribution >= 4 is 5.91 Å². The van der Waals surface area contributed by atoms with Crippen molar-refractivity contribution in [3.8, 4) is 11.5 Å². The fraction of sp³-hybridized carbons (Fsp3) is 0.435. The molecular weight excluding hydrogens is 352 g/mol. The quantitative estimate of drug-likeness (QED) is 0.760. The molecule has 0 radical (unpaired) electrons. The fourth-order valence-electron chi connectivity index (χ4n) is 3.65. The maximum atomic E-state index is 12.4. The summed E-state index contributed by atoms with van der Waals surface area (Å²) >= 11 is 0. The predicted octanol–water partition coefficient (Wildman–Crippen LogP) is 3.42. The van der Waals surface area contributed by atoms with Crippen molar-refractivity contribution in [3.63, 3.8) is 0 Å². The van der Waals surface area contributed by atoms with Crippen LogP contribution in [0.1, 0.15) is 30.4 Å². The Bertz CT molecular complexity index is 733. The Morgan fingerprint density at radius 2 is 1.64 bits per heavy atom. The summed E-state index contributed by atoms with van der Waals surface area (Å²) in [6.07, 6.45) is 3.16. The molecule has 1 fully saturated rings. The highest BCUT2D eigenvalue weighted by molar-refractivity contribution is 5.76. The molecule has 1 aliphatic rings. The molecule has 0 unspecified atom stereocenters. The minimum Gasteiger partial charge on any atom is -0.497 e. The van der Waals surface area contributed by atoms with Crippen LogP contribution in [-0.2, 0) is 17.8 Å². The second-order valence-electron chi connectivity index (χ2n) is 7.32. The predicted molar refractivity (Wildman–Crippen MR) is 111 cm³/mol. The SMILES string of the molecule is COc1cc(CCC(=O)NC2CCN(Cc3ccccc3)CC2)cc(OC)c1. The van der Waals surface area contributed by atoms with Gasteiger partial charge in [-0.2, -0.15) is 0 Å². The van der Waals surface area contributed by atoms with Gasteiger partial charge in [0.15, 0.2) is 0 Å². The summed E-state index contributed by atoms with van der Waals surface area (Å²) in [6, 6.07) is 16.6. The lowest BCUT2D eigenvalue weighted by molar-refractivity contribution is -0.122. The van der Waals surface area contributed by atoms with Gasteiger partial charge in [-0.05, 0) is 42.5 Å². The lowest BCUT2D eigenvalue weighted by atomic mass is 10.0. The summed E-state index contributed by atoms with van der Waals surface area (Å²) in [5, 5.41) is 3.20. The maximum Gasteiger partial charge on any atom is 0.220 e. The van der Waals surface area contributed by atoms with E-state index >= 15 is 0 Å². The first-order valence-electron chi connectivity index (χ1n) is 9.94. The van der Waals surface area contributed by atoms with E-state index in [2.05, 4.69) is 34.5 Å². The van der Waals surface area contributed by atoms with Crippen LogP contribution in [0, 0.1) is 0 Å². The van der Waals surface area contributed by atoms with Crippen LogP contribution in [0.3, 0.4) is 0 Å². The van der Waals surface area contributed by atoms with Crippen molar-refractivity contribution in [1.29, 1.82) is 0 Å². The van der Waals surface area contributed by atoms with Gasteiger partial charge in [-0.1, -0.05) is 30.3 Å². The van der Waals surface area contributed by atoms with Crippen LogP contribution in [0.25, 0.3) is 0 Å². The summed E-state index contributed by atoms with van der Waals surface area (Å²) in [6.45, 7) is 3.03. The number of nitrogens with zero attached hydrogens (tertiary/aromatic N) is 1. The van der Waals surface area contributed by atoms with Crippen molar-refractivity contribution in [2.45, 2.75) is 38.3 Å². The van der Waals surface area contributed by atoms with E-state index in [9.17, 15) is 4.79 Å². The standard InChI is InChI=1S/C23H30N2O3/c1-27-21-14-19(15-22(16-21)28-2)8-9-23(26)24-20-10-12-25(13-11-20)17-18-6-4-3-5-7-18/h3-7,14-16,20H,8-13,17H2,1-2H3,(H,24,26). The molecule has 1 aliphatic heterocycles. The maximum absolute atomic E-state index is 12.4. The number of benzene rings is 2. The van der Waals surface area contributed by atoms with Crippen molar-refractivity contribution in [2.75, 3.05) is 27.3 Å². The van der Waals surface area contributed by atoms with Crippen molar-refractivity contribution in [3.05, 3.63) is 59.7 Å². The van der Waals surface area contributed by atoms with Crippen molar-refractivity contribution < 1.29 is 14.3 Å². The van der Waals surface area contributed by atoms with Gasteiger partial charge in [-0.15, -0.1) is 0 Å². The Labute approximate surface area is 167 Å². The summed E-state index contributed by atoms with van der Waals surface area (Å²) < 4.78 is 10.6. The third kappa shape index (κ3) is 5.99. The molecule has 2 aromatic rings. The Balaban J connectivity index is 1.41. The molecule has 0 aliphatic carbocycles. The zero-order chi connectivity index (χ0) is 19.8. The van der Waals surface area contributed by atoms with Gasteiger partial charge in [0.1, 0.15) is 11.5 Å². The monoisotopic (exact) mass is 382 g/mol. The van der Waals surface area contributed by atoms with Crippen LogP contribution in [0.5, 0.6) is 11.5 Å². The summed E-state index contributed by atoms with van der Waals surface area (Å²) in [5.41, 5.74) is 2.39. The van der Waals surface area contributed by atoms with Gasteiger partial charge >= 0.3 is 0 Å². The van der Waals surface area contributed by atoms with Gasteiger partial charge in [-0.3, -0.25) is 9.69 Å². The molecule has 0 bridgehead atoms. The molecule has 0 saturated carbocycles. The van der Waals surface area contributed by atoms with Crippen LogP contribution in [0.4, 0.5) is 0 Å². The molecule has 1 heterocycles. The van der Waals surface area contributed by atoms with E-state index in [-0.39, 0.29) is 11.9 Å². The molecule has 0 atom stereocenters. The van der Waals surface area contributed by atoms with Gasteiger partial charge in [0.25, 0.3) is 0 Å². The summed E-state index contributed by atoms with van der Waals surface area (Å²) in [4.78, 5) is 14.8. The number of nitrogens with one attached hydrogen (secondary N) is 1. The molecule has 150 valence electrons. The third-order valence-corrected chi connectivity index (χ3v) is 5.25. The van der Waals surface area contributed by atoms with Gasteiger partial charge in [0, 0.05) is 38.2 Å². The largest absolute Gasteiger partial charge is 0.497 e. The number of rotatable bonds is 8. The highest BCUT2D eigenvalue weighted by atomic mass is 16.5. The molecule has 28 heavy (non-hydrogen) atoms. The number of likely N-dealkylation sites (tertiary alicyclic amines) is 1. The van der Waals surface area contributed by atoms with Crippen LogP contribution >= 0.6 is 0 Å². The number of aryl methyl sites for hydroxylation is 1. The van der Waals surface area contributed by atoms with Crippen LogP contribution in [0.2, 0.25) is 0 Å². The van der Waals surface area contributed by atoms with E-state index in [4.69, 9.17) is 9.47 Å². The van der Waals surface area contributed by atoms with Crippen LogP contribution in [-0.4, -0.2) is 44.2 Å². The lowest BCUT2D eigenvalue weighted by Crippen LogP contribution is -2.44.